The van der Waals surface area contributed by atoms with Gasteiger partial charge in [-0.3, -0.25) is 4.98 Å². The normalized spacial score (nSPS) is 12.3. The van der Waals surface area contributed by atoms with Crippen LogP contribution in [0, 0.1) is 26.7 Å². The predicted molar refractivity (Wildman–Crippen MR) is 163 cm³/mol. The first-order valence-electron chi connectivity index (χ1n) is 12.8. The molecule has 5 heteroatoms. The van der Waals surface area contributed by atoms with Crippen LogP contribution in [-0.4, -0.2) is 26.8 Å². The highest BCUT2D eigenvalue weighted by molar-refractivity contribution is 6.30. The molecule has 0 bridgehead atoms. The molecule has 0 unspecified atom stereocenters. The lowest BCUT2D eigenvalue weighted by Crippen LogP contribution is -2.32. The second-order valence-electron chi connectivity index (χ2n) is 10.5. The number of nitrogens with zero attached hydrogens (tertiary/aromatic N) is 3. The van der Waals surface area contributed by atoms with Crippen molar-refractivity contribution in [2.75, 3.05) is 11.4 Å². The zero-order valence-electron chi connectivity index (χ0n) is 23.1. The minimum atomic E-state index is -0.500. The number of terminal acetylenes is 1. The molecule has 0 saturated carbocycles. The summed E-state index contributed by atoms with van der Waals surface area (Å²) < 4.78 is 2.48. The summed E-state index contributed by atoms with van der Waals surface area (Å²) in [6.45, 7) is 16.6. The van der Waals surface area contributed by atoms with E-state index in [4.69, 9.17) is 16.7 Å². The van der Waals surface area contributed by atoms with Crippen LogP contribution >= 0.6 is 11.6 Å². The Balaban J connectivity index is 0.000000515. The Hall–Kier alpha value is -3.52. The highest BCUT2D eigenvalue weighted by atomic mass is 35.5. The van der Waals surface area contributed by atoms with Gasteiger partial charge in [-0.05, 0) is 99.2 Å². The Morgan fingerprint density at radius 3 is 2.24 bits per heavy atom. The second kappa shape index (κ2) is 12.3. The van der Waals surface area contributed by atoms with Gasteiger partial charge in [0.05, 0.1) is 16.8 Å². The molecule has 0 spiro atoms. The Labute approximate surface area is 232 Å². The second-order valence-corrected chi connectivity index (χ2v) is 10.9. The fourth-order valence-electron chi connectivity index (χ4n) is 5.01. The fourth-order valence-corrected chi connectivity index (χ4v) is 5.14. The molecule has 1 aliphatic rings. The smallest absolute Gasteiger partial charge is 0.0730 e. The molecule has 198 valence electrons. The lowest BCUT2D eigenvalue weighted by atomic mass is 9.88. The molecule has 1 aliphatic heterocycles. The quantitative estimate of drug-likeness (QED) is 0.213. The van der Waals surface area contributed by atoms with E-state index in [1.807, 2.05) is 30.6 Å². The average Bonchev–Trinajstić information content (AvgIpc) is 3.21. The van der Waals surface area contributed by atoms with E-state index in [1.165, 1.54) is 50.1 Å². The Bertz CT molecular complexity index is 1400. The summed E-state index contributed by atoms with van der Waals surface area (Å²) in [6.07, 6.45) is 14.6. The van der Waals surface area contributed by atoms with Crippen LogP contribution in [0.25, 0.3) is 22.0 Å². The van der Waals surface area contributed by atoms with Crippen LogP contribution in [0.15, 0.2) is 67.5 Å². The Morgan fingerprint density at radius 1 is 1.05 bits per heavy atom. The molecule has 2 aromatic heterocycles. The number of aliphatic hydroxyl groups is 1. The summed E-state index contributed by atoms with van der Waals surface area (Å²) >= 11 is 6.20. The molecule has 0 fully saturated rings. The maximum Gasteiger partial charge on any atom is 0.0730 e. The molecule has 38 heavy (non-hydrogen) atoms. The van der Waals surface area contributed by atoms with E-state index in [9.17, 15) is 0 Å². The lowest BCUT2D eigenvalue weighted by molar-refractivity contribution is 0.102. The number of hydrogen-bond acceptors (Lipinski definition) is 3. The van der Waals surface area contributed by atoms with Crippen molar-refractivity contribution in [1.29, 1.82) is 0 Å². The van der Waals surface area contributed by atoms with Gasteiger partial charge in [0.1, 0.15) is 0 Å². The van der Waals surface area contributed by atoms with Crippen molar-refractivity contribution < 1.29 is 5.11 Å². The molecule has 0 radical (unpaired) electrons. The summed E-state index contributed by atoms with van der Waals surface area (Å²) in [5.41, 5.74) is 9.98. The van der Waals surface area contributed by atoms with E-state index in [1.54, 1.807) is 20.8 Å². The molecule has 0 atom stereocenters. The number of pyridine rings is 1. The number of rotatable bonds is 5. The van der Waals surface area contributed by atoms with Crippen molar-refractivity contribution in [3.05, 3.63) is 94.9 Å². The van der Waals surface area contributed by atoms with Gasteiger partial charge in [-0.1, -0.05) is 29.8 Å². The van der Waals surface area contributed by atoms with Crippen molar-refractivity contribution in [3.8, 4) is 24.0 Å². The number of allylic oxidation sites excluding steroid dienone is 1. The van der Waals surface area contributed by atoms with Crippen molar-refractivity contribution in [3.63, 3.8) is 0 Å². The van der Waals surface area contributed by atoms with Gasteiger partial charge in [0.25, 0.3) is 0 Å². The topological polar surface area (TPSA) is 41.3 Å². The van der Waals surface area contributed by atoms with Crippen molar-refractivity contribution >= 4 is 28.2 Å². The molecule has 3 heterocycles. The first-order chi connectivity index (χ1) is 18.1. The largest absolute Gasteiger partial charge is 0.391 e. The molecule has 0 saturated heterocycles. The summed E-state index contributed by atoms with van der Waals surface area (Å²) in [5.74, 6) is 0. The van der Waals surface area contributed by atoms with E-state index in [0.29, 0.717) is 0 Å². The van der Waals surface area contributed by atoms with Crippen LogP contribution in [-0.2, 0) is 19.5 Å². The van der Waals surface area contributed by atoms with E-state index in [0.717, 1.165) is 31.1 Å². The highest BCUT2D eigenvalue weighted by Crippen LogP contribution is 2.45. The monoisotopic (exact) mass is 527 g/mol. The van der Waals surface area contributed by atoms with Crippen molar-refractivity contribution in [1.82, 2.24) is 9.55 Å². The number of anilines is 1. The zero-order valence-corrected chi connectivity index (χ0v) is 23.9. The molecular weight excluding hydrogens is 490 g/mol. The molecule has 2 aromatic carbocycles. The van der Waals surface area contributed by atoms with Crippen LogP contribution in [0.1, 0.15) is 43.2 Å². The zero-order chi connectivity index (χ0) is 28.0. The average molecular weight is 528 g/mol. The maximum atomic E-state index is 8.52. The van der Waals surface area contributed by atoms with Crippen LogP contribution < -0.4 is 4.90 Å². The Morgan fingerprint density at radius 2 is 1.66 bits per heavy atom. The SMILES string of the molecule is C#C.C=CCc1c(C)c2c3c(cc(C)n3CCN2Cc2ccncc2)c1-c1ccc(Cl)cc1.CC(C)(C)O. The van der Waals surface area contributed by atoms with E-state index in [2.05, 4.69) is 78.1 Å². The first kappa shape index (κ1) is 29.0. The maximum absolute atomic E-state index is 8.52. The van der Waals surface area contributed by atoms with E-state index >= 15 is 0 Å². The Kier molecular flexibility index (Phi) is 9.44. The number of benzene rings is 2. The molecule has 0 amide bonds. The van der Waals surface area contributed by atoms with Crippen LogP contribution in [0.5, 0.6) is 0 Å². The van der Waals surface area contributed by atoms with E-state index in [-0.39, 0.29) is 0 Å². The van der Waals surface area contributed by atoms with Gasteiger partial charge in [0.2, 0.25) is 0 Å². The van der Waals surface area contributed by atoms with Gasteiger partial charge >= 0.3 is 0 Å². The minimum absolute atomic E-state index is 0.500. The first-order valence-corrected chi connectivity index (χ1v) is 13.2. The van der Waals surface area contributed by atoms with Crippen molar-refractivity contribution in [2.45, 2.75) is 59.7 Å². The van der Waals surface area contributed by atoms with Gasteiger partial charge < -0.3 is 14.6 Å². The molecule has 4 aromatic rings. The van der Waals surface area contributed by atoms with Crippen LogP contribution in [0.2, 0.25) is 5.02 Å². The number of aryl methyl sites for hydroxylation is 1. The van der Waals surface area contributed by atoms with Crippen LogP contribution in [0.4, 0.5) is 5.69 Å². The van der Waals surface area contributed by atoms with Gasteiger partial charge in [0.15, 0.2) is 0 Å². The summed E-state index contributed by atoms with van der Waals surface area (Å²) in [7, 11) is 0. The number of hydrogen-bond donors (Lipinski definition) is 1. The summed E-state index contributed by atoms with van der Waals surface area (Å²) in [5, 5.41) is 10.6. The van der Waals surface area contributed by atoms with Gasteiger partial charge in [-0.15, -0.1) is 19.4 Å². The fraction of sp³-hybridized carbons (Fsp3) is 0.303. The lowest BCUT2D eigenvalue weighted by Gasteiger charge is -2.34. The third-order valence-corrected chi connectivity index (χ3v) is 6.67. The summed E-state index contributed by atoms with van der Waals surface area (Å²) in [6, 6.07) is 14.8. The molecule has 5 rings (SSSR count). The molecule has 1 N–H and O–H groups in total. The van der Waals surface area contributed by atoms with Gasteiger partial charge in [-0.25, -0.2) is 0 Å². The third kappa shape index (κ3) is 6.48. The van der Waals surface area contributed by atoms with Gasteiger partial charge in [0, 0.05) is 48.1 Å². The van der Waals surface area contributed by atoms with Crippen LogP contribution in [0.3, 0.4) is 0 Å². The predicted octanol–water partition coefficient (Wildman–Crippen LogP) is 7.75. The summed E-state index contributed by atoms with van der Waals surface area (Å²) in [4.78, 5) is 6.71. The standard InChI is InChI=1S/C27H26ClN3.C4H10O.C2H2/c1-4-5-23-19(3)26-27-24(25(23)21-6-8-22(28)9-7-21)16-18(2)31(27)15-14-30(26)17-20-10-12-29-13-11-20;1-4(2,3)5;1-2/h4,6-13,16H,1,5,14-15,17H2,2-3H3;5H,1-3H3;1-2H. The van der Waals surface area contributed by atoms with Crippen molar-refractivity contribution in [2.24, 2.45) is 0 Å². The molecule has 4 nitrogen and oxygen atoms in total. The third-order valence-electron chi connectivity index (χ3n) is 6.42. The number of halogens is 1. The number of aromatic nitrogens is 2. The minimum Gasteiger partial charge on any atom is -0.391 e. The highest BCUT2D eigenvalue weighted by Gasteiger charge is 2.27. The molecule has 0 aliphatic carbocycles. The molecular formula is C33H38ClN3O. The van der Waals surface area contributed by atoms with E-state index < -0.39 is 5.60 Å². The van der Waals surface area contributed by atoms with Gasteiger partial charge in [-0.2, -0.15) is 0 Å².